The topological polar surface area (TPSA) is 42.0 Å². The zero-order chi connectivity index (χ0) is 13.2. The molecule has 19 heavy (non-hydrogen) atoms. The molecule has 1 fully saturated rings. The number of cyclic esters (lactones) is 1. The Bertz CT molecular complexity index is 484. The molecule has 0 atom stereocenters. The van der Waals surface area contributed by atoms with Crippen LogP contribution in [0.5, 0.6) is 5.75 Å². The number of piperidine rings is 1. The third-order valence-corrected chi connectivity index (χ3v) is 3.65. The van der Waals surface area contributed by atoms with Crippen molar-refractivity contribution >= 4 is 11.8 Å². The van der Waals surface area contributed by atoms with Crippen molar-refractivity contribution in [3.63, 3.8) is 0 Å². The monoisotopic (exact) mass is 262 g/mol. The molecule has 0 saturated carbocycles. The summed E-state index contributed by atoms with van der Waals surface area (Å²) in [6, 6.07) is 5.75. The molecule has 0 unspecified atom stereocenters. The van der Waals surface area contributed by atoms with Crippen LogP contribution in [0.3, 0.4) is 0 Å². The van der Waals surface area contributed by atoms with Crippen molar-refractivity contribution in [2.75, 3.05) is 25.2 Å². The average molecular weight is 262 g/mol. The zero-order valence-corrected chi connectivity index (χ0v) is 11.1. The molecule has 1 amide bonds. The number of rotatable bonds is 2. The van der Waals surface area contributed by atoms with Crippen molar-refractivity contribution in [3.8, 4) is 5.75 Å². The Balaban J connectivity index is 1.94. The average Bonchev–Trinajstić information content (AvgIpc) is 2.47. The van der Waals surface area contributed by atoms with Crippen LogP contribution < -0.4 is 9.75 Å². The van der Waals surface area contributed by atoms with Crippen LogP contribution in [0.25, 0.3) is 0 Å². The number of hydrogen-bond donors (Lipinski definition) is 0. The van der Waals surface area contributed by atoms with Crippen LogP contribution in [0, 0.1) is 0 Å². The fourth-order valence-electron chi connectivity index (χ4n) is 2.66. The van der Waals surface area contributed by atoms with Crippen LogP contribution in [0.4, 0.5) is 10.5 Å². The fraction of sp³-hybridized carbons (Fsp3) is 0.500. The van der Waals surface area contributed by atoms with E-state index in [0.717, 1.165) is 42.9 Å². The number of methoxy groups -OCH3 is 1. The molecule has 2 aliphatic heterocycles. The van der Waals surface area contributed by atoms with Crippen molar-refractivity contribution in [3.05, 3.63) is 23.8 Å². The van der Waals surface area contributed by atoms with Gasteiger partial charge in [-0.2, -0.15) is 0 Å². The highest BCUT2D eigenvalue weighted by Crippen LogP contribution is 2.32. The Morgan fingerprint density at radius 3 is 2.74 bits per heavy atom. The van der Waals surface area contributed by atoms with Crippen molar-refractivity contribution < 1.29 is 14.3 Å². The lowest BCUT2D eigenvalue weighted by molar-refractivity contribution is 0.108. The minimum absolute atomic E-state index is 0.278. The van der Waals surface area contributed by atoms with Crippen molar-refractivity contribution in [1.29, 1.82) is 0 Å². The van der Waals surface area contributed by atoms with E-state index in [9.17, 15) is 4.79 Å². The summed E-state index contributed by atoms with van der Waals surface area (Å²) < 4.78 is 10.5. The lowest BCUT2D eigenvalue weighted by Gasteiger charge is -2.39. The van der Waals surface area contributed by atoms with Crippen molar-refractivity contribution in [2.45, 2.75) is 25.9 Å². The summed E-state index contributed by atoms with van der Waals surface area (Å²) in [6.07, 6.45) is 3.19. The van der Waals surface area contributed by atoms with Gasteiger partial charge in [-0.3, -0.25) is 0 Å². The smallest absolute Gasteiger partial charge is 0.429 e. The number of ether oxygens (including phenoxy) is 2. The molecule has 0 spiro atoms. The molecule has 1 saturated heterocycles. The highest BCUT2D eigenvalue weighted by molar-refractivity contribution is 5.89. The van der Waals surface area contributed by atoms with Gasteiger partial charge in [0.2, 0.25) is 0 Å². The minimum atomic E-state index is -0.278. The van der Waals surface area contributed by atoms with Gasteiger partial charge < -0.3 is 9.47 Å². The van der Waals surface area contributed by atoms with Crippen LogP contribution in [-0.4, -0.2) is 31.3 Å². The van der Waals surface area contributed by atoms with Crippen LogP contribution >= 0.6 is 0 Å². The molecule has 0 aliphatic carbocycles. The summed E-state index contributed by atoms with van der Waals surface area (Å²) in [5, 5.41) is 3.76. The Hall–Kier alpha value is -1.75. The summed E-state index contributed by atoms with van der Waals surface area (Å²) in [6.45, 7) is 2.12. The number of benzene rings is 1. The van der Waals surface area contributed by atoms with Gasteiger partial charge in [0.1, 0.15) is 12.4 Å². The molecule has 1 aromatic rings. The number of hydrazine groups is 1. The highest BCUT2D eigenvalue weighted by atomic mass is 16.6. The molecule has 5 nitrogen and oxygen atoms in total. The summed E-state index contributed by atoms with van der Waals surface area (Å²) in [5.41, 5.74) is 1.91. The normalized spacial score (nSPS) is 19.8. The van der Waals surface area contributed by atoms with Gasteiger partial charge >= 0.3 is 6.09 Å². The van der Waals surface area contributed by atoms with E-state index in [-0.39, 0.29) is 6.09 Å². The van der Waals surface area contributed by atoms with Gasteiger partial charge in [-0.1, -0.05) is 6.42 Å². The molecule has 2 heterocycles. The van der Waals surface area contributed by atoms with Crippen LogP contribution in [0.2, 0.25) is 0 Å². The summed E-state index contributed by atoms with van der Waals surface area (Å²) >= 11 is 0. The number of amides is 1. The second-order valence-electron chi connectivity index (χ2n) is 4.88. The number of fused-ring (bicyclic) bond motifs is 1. The molecule has 1 aromatic carbocycles. The molecule has 0 radical (unpaired) electrons. The van der Waals surface area contributed by atoms with Crippen molar-refractivity contribution in [1.82, 2.24) is 5.01 Å². The second-order valence-corrected chi connectivity index (χ2v) is 4.88. The molecular formula is C14H18N2O3. The van der Waals surface area contributed by atoms with E-state index in [4.69, 9.17) is 9.47 Å². The molecule has 2 aliphatic rings. The highest BCUT2D eigenvalue weighted by Gasteiger charge is 2.31. The van der Waals surface area contributed by atoms with E-state index < -0.39 is 0 Å². The molecule has 102 valence electrons. The number of carbonyl (C=O) groups is 1. The first-order valence-corrected chi connectivity index (χ1v) is 6.68. The maximum absolute atomic E-state index is 12.0. The van der Waals surface area contributed by atoms with Crippen LogP contribution in [0.1, 0.15) is 24.8 Å². The number of hydrogen-bond acceptors (Lipinski definition) is 4. The van der Waals surface area contributed by atoms with E-state index in [1.165, 1.54) is 6.42 Å². The molecule has 5 heteroatoms. The van der Waals surface area contributed by atoms with Gasteiger partial charge in [0.15, 0.2) is 0 Å². The standard InChI is InChI=1S/C14H18N2O3/c1-18-12-5-6-13-11(9-12)10-19-14(17)16(13)15-7-3-2-4-8-15/h5-6,9H,2-4,7-8,10H2,1H3. The first kappa shape index (κ1) is 12.3. The predicted octanol–water partition coefficient (Wildman–Crippen LogP) is 2.55. The number of nitrogens with zero attached hydrogens (tertiary/aromatic N) is 2. The largest absolute Gasteiger partial charge is 0.497 e. The van der Waals surface area contributed by atoms with Gasteiger partial charge in [-0.15, -0.1) is 0 Å². The van der Waals surface area contributed by atoms with Crippen LogP contribution in [-0.2, 0) is 11.3 Å². The van der Waals surface area contributed by atoms with E-state index in [0.29, 0.717) is 6.61 Å². The lowest BCUT2D eigenvalue weighted by Crippen LogP contribution is -2.51. The third-order valence-electron chi connectivity index (χ3n) is 3.65. The zero-order valence-electron chi connectivity index (χ0n) is 11.1. The quantitative estimate of drug-likeness (QED) is 0.821. The Kier molecular flexibility index (Phi) is 3.29. The molecule has 0 N–H and O–H groups in total. The predicted molar refractivity (Wildman–Crippen MR) is 71.1 cm³/mol. The Labute approximate surface area is 112 Å². The summed E-state index contributed by atoms with van der Waals surface area (Å²) in [7, 11) is 1.64. The Morgan fingerprint density at radius 1 is 1.21 bits per heavy atom. The first-order chi connectivity index (χ1) is 9.29. The maximum atomic E-state index is 12.0. The number of carbonyl (C=O) groups excluding carboxylic acids is 1. The summed E-state index contributed by atoms with van der Waals surface area (Å²) in [5.74, 6) is 0.787. The van der Waals surface area contributed by atoms with E-state index in [1.54, 1.807) is 12.1 Å². The second kappa shape index (κ2) is 5.09. The van der Waals surface area contributed by atoms with Gasteiger partial charge in [0.25, 0.3) is 0 Å². The lowest BCUT2D eigenvalue weighted by atomic mass is 10.1. The van der Waals surface area contributed by atoms with Gasteiger partial charge in [-0.25, -0.2) is 14.8 Å². The SMILES string of the molecule is COc1ccc2c(c1)COC(=O)N2N1CCCCC1. The van der Waals surface area contributed by atoms with E-state index >= 15 is 0 Å². The fourth-order valence-corrected chi connectivity index (χ4v) is 2.66. The molecule has 3 rings (SSSR count). The molecular weight excluding hydrogens is 244 g/mol. The van der Waals surface area contributed by atoms with Gasteiger partial charge in [-0.05, 0) is 31.0 Å². The minimum Gasteiger partial charge on any atom is -0.497 e. The van der Waals surface area contributed by atoms with Gasteiger partial charge in [0.05, 0.1) is 12.8 Å². The molecule has 0 aromatic heterocycles. The maximum Gasteiger partial charge on any atom is 0.429 e. The Morgan fingerprint density at radius 2 is 2.00 bits per heavy atom. The summed E-state index contributed by atoms with van der Waals surface area (Å²) in [4.78, 5) is 12.0. The van der Waals surface area contributed by atoms with E-state index in [1.807, 2.05) is 18.2 Å². The van der Waals surface area contributed by atoms with E-state index in [2.05, 4.69) is 5.01 Å². The number of anilines is 1. The third kappa shape index (κ3) is 2.26. The van der Waals surface area contributed by atoms with Gasteiger partial charge in [0, 0.05) is 18.7 Å². The molecule has 0 bridgehead atoms. The van der Waals surface area contributed by atoms with Crippen molar-refractivity contribution in [2.24, 2.45) is 0 Å². The first-order valence-electron chi connectivity index (χ1n) is 6.68. The van der Waals surface area contributed by atoms with Crippen LogP contribution in [0.15, 0.2) is 18.2 Å².